The first-order valence-electron chi connectivity index (χ1n) is 9.03. The molecule has 1 saturated heterocycles. The number of ether oxygens (including phenoxy) is 1. The minimum Gasteiger partial charge on any atom is -0.487 e. The summed E-state index contributed by atoms with van der Waals surface area (Å²) in [6, 6.07) is 16.2. The van der Waals surface area contributed by atoms with Crippen molar-refractivity contribution in [3.63, 3.8) is 0 Å². The van der Waals surface area contributed by atoms with E-state index in [1.807, 2.05) is 42.2 Å². The number of likely N-dealkylation sites (tertiary alicyclic amines) is 1. The lowest BCUT2D eigenvalue weighted by atomic mass is 9.83. The van der Waals surface area contributed by atoms with Crippen molar-refractivity contribution in [3.05, 3.63) is 59.7 Å². The first-order chi connectivity index (χ1) is 12.1. The molecule has 1 spiro atoms. The topological polar surface area (TPSA) is 41.6 Å². The van der Waals surface area contributed by atoms with Crippen LogP contribution in [0.3, 0.4) is 0 Å². The van der Waals surface area contributed by atoms with Crippen LogP contribution in [0, 0.1) is 6.92 Å². The maximum Gasteiger partial charge on any atom is 0.321 e. The number of hydrogen-bond donors (Lipinski definition) is 1. The second-order valence-corrected chi connectivity index (χ2v) is 7.18. The van der Waals surface area contributed by atoms with Crippen LogP contribution >= 0.6 is 0 Å². The Morgan fingerprint density at radius 3 is 2.52 bits per heavy atom. The molecule has 0 aliphatic carbocycles. The van der Waals surface area contributed by atoms with E-state index < -0.39 is 0 Å². The van der Waals surface area contributed by atoms with Crippen LogP contribution in [-0.2, 0) is 6.42 Å². The van der Waals surface area contributed by atoms with Crippen molar-refractivity contribution in [2.75, 3.05) is 18.4 Å². The lowest BCUT2D eigenvalue weighted by Crippen LogP contribution is -2.52. The number of nitrogens with one attached hydrogen (secondary N) is 1. The third-order valence-corrected chi connectivity index (χ3v) is 5.41. The number of hydrogen-bond acceptors (Lipinski definition) is 2. The molecule has 0 radical (unpaired) electrons. The van der Waals surface area contributed by atoms with Crippen molar-refractivity contribution >= 4 is 11.7 Å². The lowest BCUT2D eigenvalue weighted by Gasteiger charge is -2.44. The van der Waals surface area contributed by atoms with Crippen LogP contribution in [0.1, 0.15) is 30.4 Å². The van der Waals surface area contributed by atoms with Gasteiger partial charge < -0.3 is 15.0 Å². The van der Waals surface area contributed by atoms with Crippen molar-refractivity contribution in [1.29, 1.82) is 0 Å². The number of benzene rings is 2. The van der Waals surface area contributed by atoms with E-state index in [0.29, 0.717) is 0 Å². The van der Waals surface area contributed by atoms with Gasteiger partial charge in [0.2, 0.25) is 0 Å². The highest BCUT2D eigenvalue weighted by Crippen LogP contribution is 2.39. The van der Waals surface area contributed by atoms with E-state index in [1.165, 1.54) is 11.1 Å². The van der Waals surface area contributed by atoms with E-state index in [4.69, 9.17) is 4.74 Å². The minimum absolute atomic E-state index is 0.0186. The number of carbonyl (C=O) groups is 1. The molecule has 0 bridgehead atoms. The van der Waals surface area contributed by atoms with Gasteiger partial charge in [-0.05, 0) is 43.5 Å². The zero-order chi connectivity index (χ0) is 17.3. The summed E-state index contributed by atoms with van der Waals surface area (Å²) in [5.74, 6) is 1.02. The third-order valence-electron chi connectivity index (χ3n) is 5.41. The molecule has 4 heteroatoms. The van der Waals surface area contributed by atoms with Crippen molar-refractivity contribution < 1.29 is 9.53 Å². The van der Waals surface area contributed by atoms with Crippen LogP contribution in [0.2, 0.25) is 0 Å². The number of carbonyl (C=O) groups excluding carboxylic acids is 1. The normalized spacial score (nSPS) is 18.4. The van der Waals surface area contributed by atoms with Gasteiger partial charge in [-0.15, -0.1) is 0 Å². The maximum absolute atomic E-state index is 12.5. The minimum atomic E-state index is -0.102. The highest BCUT2D eigenvalue weighted by molar-refractivity contribution is 5.89. The smallest absolute Gasteiger partial charge is 0.321 e. The Balaban J connectivity index is 1.37. The Morgan fingerprint density at radius 2 is 1.76 bits per heavy atom. The molecule has 0 saturated carbocycles. The summed E-state index contributed by atoms with van der Waals surface area (Å²) in [6.45, 7) is 3.51. The van der Waals surface area contributed by atoms with Crippen LogP contribution in [0.4, 0.5) is 10.5 Å². The fourth-order valence-electron chi connectivity index (χ4n) is 3.77. The highest BCUT2D eigenvalue weighted by atomic mass is 16.5. The number of amides is 2. The molecule has 130 valence electrons. The molecule has 2 aliphatic heterocycles. The largest absolute Gasteiger partial charge is 0.487 e. The van der Waals surface area contributed by atoms with E-state index in [1.54, 1.807) is 0 Å². The summed E-state index contributed by atoms with van der Waals surface area (Å²) < 4.78 is 6.36. The van der Waals surface area contributed by atoms with Crippen LogP contribution in [-0.4, -0.2) is 29.6 Å². The zero-order valence-corrected chi connectivity index (χ0v) is 14.6. The van der Waals surface area contributed by atoms with Gasteiger partial charge >= 0.3 is 6.03 Å². The molecule has 4 nitrogen and oxygen atoms in total. The van der Waals surface area contributed by atoms with Crippen LogP contribution < -0.4 is 10.1 Å². The van der Waals surface area contributed by atoms with E-state index in [0.717, 1.165) is 50.2 Å². The number of rotatable bonds is 1. The number of piperidine rings is 1. The van der Waals surface area contributed by atoms with E-state index in [-0.39, 0.29) is 11.6 Å². The molecular formula is C21H24N2O2. The molecule has 0 unspecified atom stereocenters. The average Bonchev–Trinajstić information content (AvgIpc) is 2.64. The number of anilines is 1. The molecule has 1 N–H and O–H groups in total. The summed E-state index contributed by atoms with van der Waals surface area (Å²) >= 11 is 0. The summed E-state index contributed by atoms with van der Waals surface area (Å²) in [5.41, 5.74) is 3.23. The number of urea groups is 1. The lowest BCUT2D eigenvalue weighted by molar-refractivity contribution is -0.00434. The Kier molecular flexibility index (Phi) is 4.12. The first-order valence-corrected chi connectivity index (χ1v) is 9.03. The zero-order valence-electron chi connectivity index (χ0n) is 14.6. The molecule has 25 heavy (non-hydrogen) atoms. The van der Waals surface area contributed by atoms with Crippen LogP contribution in [0.25, 0.3) is 0 Å². The van der Waals surface area contributed by atoms with Gasteiger partial charge in [-0.25, -0.2) is 4.79 Å². The fraction of sp³-hybridized carbons (Fsp3) is 0.381. The molecular weight excluding hydrogens is 312 g/mol. The Morgan fingerprint density at radius 1 is 1.04 bits per heavy atom. The fourth-order valence-corrected chi connectivity index (χ4v) is 3.77. The molecule has 2 heterocycles. The molecule has 2 aromatic rings. The van der Waals surface area contributed by atoms with Gasteiger partial charge in [0.25, 0.3) is 0 Å². The number of aryl methyl sites for hydroxylation is 2. The molecule has 2 aliphatic rings. The van der Waals surface area contributed by atoms with Gasteiger partial charge in [-0.2, -0.15) is 0 Å². The first kappa shape index (κ1) is 16.0. The van der Waals surface area contributed by atoms with E-state index in [9.17, 15) is 4.79 Å². The Bertz CT molecular complexity index is 762. The monoisotopic (exact) mass is 336 g/mol. The van der Waals surface area contributed by atoms with E-state index >= 15 is 0 Å². The van der Waals surface area contributed by atoms with Gasteiger partial charge in [0.05, 0.1) is 0 Å². The summed E-state index contributed by atoms with van der Waals surface area (Å²) in [7, 11) is 0. The molecule has 0 aromatic heterocycles. The van der Waals surface area contributed by atoms with Gasteiger partial charge in [0.15, 0.2) is 0 Å². The van der Waals surface area contributed by atoms with Gasteiger partial charge in [0.1, 0.15) is 11.4 Å². The molecule has 2 amide bonds. The predicted molar refractivity (Wildman–Crippen MR) is 99.1 cm³/mol. The van der Waals surface area contributed by atoms with Gasteiger partial charge in [0, 0.05) is 31.6 Å². The molecule has 2 aromatic carbocycles. The SMILES string of the molecule is Cc1ccc(NC(=O)N2CCC3(CCc4ccccc4O3)CC2)cc1. The van der Waals surface area contributed by atoms with Gasteiger partial charge in [-0.3, -0.25) is 0 Å². The highest BCUT2D eigenvalue weighted by Gasteiger charge is 2.40. The van der Waals surface area contributed by atoms with Gasteiger partial charge in [-0.1, -0.05) is 35.9 Å². The summed E-state index contributed by atoms with van der Waals surface area (Å²) in [6.07, 6.45) is 3.88. The Labute approximate surface area is 148 Å². The molecule has 1 fully saturated rings. The van der Waals surface area contributed by atoms with Crippen LogP contribution in [0.5, 0.6) is 5.75 Å². The quantitative estimate of drug-likeness (QED) is 0.839. The van der Waals surface area contributed by atoms with Crippen molar-refractivity contribution in [3.8, 4) is 5.75 Å². The van der Waals surface area contributed by atoms with Crippen molar-refractivity contribution in [2.24, 2.45) is 0 Å². The summed E-state index contributed by atoms with van der Waals surface area (Å²) in [5, 5.41) is 2.99. The summed E-state index contributed by atoms with van der Waals surface area (Å²) in [4.78, 5) is 14.4. The molecule has 0 atom stereocenters. The van der Waals surface area contributed by atoms with Crippen molar-refractivity contribution in [1.82, 2.24) is 4.90 Å². The number of para-hydroxylation sites is 1. The second-order valence-electron chi connectivity index (χ2n) is 7.18. The number of nitrogens with zero attached hydrogens (tertiary/aromatic N) is 1. The second kappa shape index (κ2) is 6.43. The predicted octanol–water partition coefficient (Wildman–Crippen LogP) is 4.39. The van der Waals surface area contributed by atoms with Crippen molar-refractivity contribution in [2.45, 2.75) is 38.2 Å². The third kappa shape index (κ3) is 3.34. The molecule has 4 rings (SSSR count). The number of fused-ring (bicyclic) bond motifs is 1. The standard InChI is InChI=1S/C21H24N2O2/c1-16-6-8-18(9-7-16)22-20(24)23-14-12-21(13-15-23)11-10-17-4-2-3-5-19(17)25-21/h2-9H,10-15H2,1H3,(H,22,24). The van der Waals surface area contributed by atoms with Crippen LogP contribution in [0.15, 0.2) is 48.5 Å². The Hall–Kier alpha value is -2.49. The van der Waals surface area contributed by atoms with E-state index in [2.05, 4.69) is 23.5 Å². The maximum atomic E-state index is 12.5. The average molecular weight is 336 g/mol.